The van der Waals surface area contributed by atoms with Gasteiger partial charge in [0.2, 0.25) is 5.91 Å². The molecule has 0 spiro atoms. The van der Waals surface area contributed by atoms with E-state index in [4.69, 9.17) is 10.2 Å². The molecule has 0 bridgehead atoms. The Balaban J connectivity index is 1.81. The van der Waals surface area contributed by atoms with E-state index in [1.165, 1.54) is 0 Å². The number of furan rings is 1. The fourth-order valence-corrected chi connectivity index (χ4v) is 2.50. The van der Waals surface area contributed by atoms with Crippen LogP contribution in [0.1, 0.15) is 21.5 Å². The number of hydrogen-bond acceptors (Lipinski definition) is 3. The minimum absolute atomic E-state index is 0.156. The van der Waals surface area contributed by atoms with Crippen LogP contribution in [-0.2, 0) is 11.2 Å². The zero-order valence-electron chi connectivity index (χ0n) is 12.6. The van der Waals surface area contributed by atoms with Crippen molar-refractivity contribution in [2.45, 2.75) is 13.3 Å². The lowest BCUT2D eigenvalue weighted by Gasteiger charge is -2.08. The van der Waals surface area contributed by atoms with Crippen LogP contribution in [0.5, 0.6) is 0 Å². The van der Waals surface area contributed by atoms with Crippen LogP contribution in [0.3, 0.4) is 0 Å². The molecule has 116 valence electrons. The van der Waals surface area contributed by atoms with Gasteiger partial charge in [0.05, 0.1) is 23.9 Å². The largest absolute Gasteiger partial charge is 0.464 e. The first-order valence-electron chi connectivity index (χ1n) is 7.20. The number of hydrogen-bond donors (Lipinski definition) is 2. The molecule has 2 amide bonds. The van der Waals surface area contributed by atoms with Crippen LogP contribution in [0.25, 0.3) is 11.0 Å². The molecule has 0 atom stereocenters. The first-order valence-corrected chi connectivity index (χ1v) is 7.20. The number of amides is 2. The molecule has 3 rings (SSSR count). The van der Waals surface area contributed by atoms with Gasteiger partial charge in [-0.05, 0) is 30.7 Å². The number of para-hydroxylation sites is 1. The molecule has 0 aliphatic carbocycles. The molecule has 1 heterocycles. The fraction of sp³-hybridized carbons (Fsp3) is 0.111. The standard InChI is InChI=1S/C18H16N2O3/c1-11-6-7-13-12(10-23-16(13)8-11)9-17(21)20-15-5-3-2-4-14(15)18(19)22/h2-8,10H,9H2,1H3,(H2,19,22)(H,20,21). The summed E-state index contributed by atoms with van der Waals surface area (Å²) >= 11 is 0. The number of nitrogens with two attached hydrogens (primary N) is 1. The van der Waals surface area contributed by atoms with Crippen LogP contribution in [0.4, 0.5) is 5.69 Å². The number of aryl methyl sites for hydroxylation is 1. The van der Waals surface area contributed by atoms with Gasteiger partial charge in [0.1, 0.15) is 5.58 Å². The molecule has 3 aromatic rings. The van der Waals surface area contributed by atoms with Gasteiger partial charge in [0.15, 0.2) is 0 Å². The molecule has 0 unspecified atom stereocenters. The Labute approximate surface area is 133 Å². The van der Waals surface area contributed by atoms with Crippen molar-refractivity contribution in [3.63, 3.8) is 0 Å². The molecule has 0 saturated carbocycles. The Hall–Kier alpha value is -3.08. The smallest absolute Gasteiger partial charge is 0.250 e. The summed E-state index contributed by atoms with van der Waals surface area (Å²) < 4.78 is 5.49. The van der Waals surface area contributed by atoms with Crippen LogP contribution in [0.2, 0.25) is 0 Å². The molecule has 23 heavy (non-hydrogen) atoms. The van der Waals surface area contributed by atoms with Gasteiger partial charge in [-0.2, -0.15) is 0 Å². The summed E-state index contributed by atoms with van der Waals surface area (Å²) in [4.78, 5) is 23.6. The Morgan fingerprint density at radius 2 is 1.96 bits per heavy atom. The summed E-state index contributed by atoms with van der Waals surface area (Å²) in [6.45, 7) is 1.98. The summed E-state index contributed by atoms with van der Waals surface area (Å²) in [6.07, 6.45) is 1.74. The summed E-state index contributed by atoms with van der Waals surface area (Å²) in [5.74, 6) is -0.813. The molecule has 5 heteroatoms. The van der Waals surface area contributed by atoms with Gasteiger partial charge >= 0.3 is 0 Å². The predicted molar refractivity (Wildman–Crippen MR) is 88.2 cm³/mol. The number of carbonyl (C=O) groups is 2. The zero-order valence-corrected chi connectivity index (χ0v) is 12.6. The highest BCUT2D eigenvalue weighted by molar-refractivity contribution is 6.03. The summed E-state index contributed by atoms with van der Waals surface area (Å²) in [7, 11) is 0. The highest BCUT2D eigenvalue weighted by atomic mass is 16.3. The van der Waals surface area contributed by atoms with E-state index in [-0.39, 0.29) is 17.9 Å². The predicted octanol–water partition coefficient (Wildman–Crippen LogP) is 3.02. The normalized spacial score (nSPS) is 10.7. The molecular formula is C18H16N2O3. The molecule has 0 aliphatic rings. The van der Waals surface area contributed by atoms with Gasteiger partial charge in [-0.1, -0.05) is 24.3 Å². The topological polar surface area (TPSA) is 85.3 Å². The Bertz CT molecular complexity index is 896. The first-order chi connectivity index (χ1) is 11.0. The van der Waals surface area contributed by atoms with Gasteiger partial charge in [0, 0.05) is 10.9 Å². The van der Waals surface area contributed by atoms with Gasteiger partial charge in [-0.3, -0.25) is 9.59 Å². The van der Waals surface area contributed by atoms with E-state index in [0.717, 1.165) is 22.1 Å². The van der Waals surface area contributed by atoms with Gasteiger partial charge in [-0.15, -0.1) is 0 Å². The van der Waals surface area contributed by atoms with Crippen molar-refractivity contribution in [2.24, 2.45) is 5.73 Å². The van der Waals surface area contributed by atoms with E-state index in [9.17, 15) is 9.59 Å². The number of primary amides is 1. The maximum absolute atomic E-state index is 12.3. The highest BCUT2D eigenvalue weighted by Gasteiger charge is 2.13. The van der Waals surface area contributed by atoms with Crippen LogP contribution < -0.4 is 11.1 Å². The van der Waals surface area contributed by atoms with E-state index in [2.05, 4.69) is 5.32 Å². The molecule has 0 radical (unpaired) electrons. The molecule has 0 saturated heterocycles. The number of nitrogens with one attached hydrogen (secondary N) is 1. The second-order valence-corrected chi connectivity index (χ2v) is 5.40. The monoisotopic (exact) mass is 308 g/mol. The quantitative estimate of drug-likeness (QED) is 0.777. The summed E-state index contributed by atoms with van der Waals surface area (Å²) in [5.41, 5.74) is 8.66. The number of rotatable bonds is 4. The van der Waals surface area contributed by atoms with Gasteiger partial charge in [0.25, 0.3) is 5.91 Å². The SMILES string of the molecule is Cc1ccc2c(CC(=O)Nc3ccccc3C(N)=O)coc2c1. The lowest BCUT2D eigenvalue weighted by Crippen LogP contribution is -2.19. The third-order valence-corrected chi connectivity index (χ3v) is 3.63. The van der Waals surface area contributed by atoms with Crippen LogP contribution in [0.15, 0.2) is 53.1 Å². The highest BCUT2D eigenvalue weighted by Crippen LogP contribution is 2.23. The number of benzene rings is 2. The molecule has 3 N–H and O–H groups in total. The van der Waals surface area contributed by atoms with Gasteiger partial charge < -0.3 is 15.5 Å². The molecule has 0 aliphatic heterocycles. The van der Waals surface area contributed by atoms with E-state index >= 15 is 0 Å². The molecule has 0 fully saturated rings. The van der Waals surface area contributed by atoms with E-state index < -0.39 is 5.91 Å². The molecule has 1 aromatic heterocycles. The first kappa shape index (κ1) is 14.8. The van der Waals surface area contributed by atoms with Crippen molar-refractivity contribution in [1.82, 2.24) is 0 Å². The molecule has 5 nitrogen and oxygen atoms in total. The fourth-order valence-electron chi connectivity index (χ4n) is 2.50. The van der Waals surface area contributed by atoms with E-state index in [0.29, 0.717) is 5.69 Å². The molecule has 2 aromatic carbocycles. The lowest BCUT2D eigenvalue weighted by atomic mass is 10.1. The van der Waals surface area contributed by atoms with Crippen molar-refractivity contribution in [2.75, 3.05) is 5.32 Å². The second kappa shape index (κ2) is 5.96. The summed E-state index contributed by atoms with van der Waals surface area (Å²) in [6, 6.07) is 12.5. The maximum atomic E-state index is 12.3. The zero-order chi connectivity index (χ0) is 16.4. The average molecular weight is 308 g/mol. The second-order valence-electron chi connectivity index (χ2n) is 5.40. The average Bonchev–Trinajstić information content (AvgIpc) is 2.89. The maximum Gasteiger partial charge on any atom is 0.250 e. The van der Waals surface area contributed by atoms with E-state index in [1.54, 1.807) is 30.5 Å². The Morgan fingerprint density at radius 3 is 2.74 bits per heavy atom. The van der Waals surface area contributed by atoms with Crippen LogP contribution in [-0.4, -0.2) is 11.8 Å². The Morgan fingerprint density at radius 1 is 1.17 bits per heavy atom. The van der Waals surface area contributed by atoms with Crippen molar-refractivity contribution >= 4 is 28.5 Å². The number of anilines is 1. The Kier molecular flexibility index (Phi) is 3.85. The van der Waals surface area contributed by atoms with Crippen molar-refractivity contribution in [1.29, 1.82) is 0 Å². The van der Waals surface area contributed by atoms with Crippen LogP contribution >= 0.6 is 0 Å². The van der Waals surface area contributed by atoms with Crippen molar-refractivity contribution in [3.8, 4) is 0 Å². The minimum Gasteiger partial charge on any atom is -0.464 e. The third-order valence-electron chi connectivity index (χ3n) is 3.63. The minimum atomic E-state index is -0.579. The van der Waals surface area contributed by atoms with Gasteiger partial charge in [-0.25, -0.2) is 0 Å². The molecular weight excluding hydrogens is 292 g/mol. The third kappa shape index (κ3) is 3.08. The number of fused-ring (bicyclic) bond motifs is 1. The van der Waals surface area contributed by atoms with Crippen molar-refractivity contribution < 1.29 is 14.0 Å². The van der Waals surface area contributed by atoms with Crippen LogP contribution in [0, 0.1) is 6.92 Å². The van der Waals surface area contributed by atoms with E-state index in [1.807, 2.05) is 25.1 Å². The lowest BCUT2D eigenvalue weighted by molar-refractivity contribution is -0.115. The van der Waals surface area contributed by atoms with Crippen molar-refractivity contribution in [3.05, 3.63) is 65.4 Å². The summed E-state index contributed by atoms with van der Waals surface area (Å²) in [5, 5.41) is 3.64. The number of carbonyl (C=O) groups excluding carboxylic acids is 2.